The molecule has 1 saturated carbocycles. The minimum Gasteiger partial charge on any atom is -0.512 e. The number of para-hydroxylation sites is 1. The van der Waals surface area contributed by atoms with Crippen LogP contribution in [0.25, 0.3) is 44.0 Å². The number of carbonyl (C=O) groups is 1. The SMILES string of the molecule is CC(=O)/C=C(/C)O.Cc1[c-]c(-c2nccc3cc(C4CCCCC4)ccc23)c2oc3ccccc3c2c1.[Ir]. The first kappa shape index (κ1) is 27.8. The zero-order chi connectivity index (χ0) is 25.9. The van der Waals surface area contributed by atoms with E-state index in [1.165, 1.54) is 68.4 Å². The fraction of sp³-hybridized carbons (Fsp3) is 0.273. The van der Waals surface area contributed by atoms with E-state index >= 15 is 0 Å². The molecule has 197 valence electrons. The van der Waals surface area contributed by atoms with E-state index in [1.54, 1.807) is 0 Å². The zero-order valence-corrected chi connectivity index (χ0v) is 24.4. The van der Waals surface area contributed by atoms with Crippen molar-refractivity contribution in [3.05, 3.63) is 89.8 Å². The molecule has 0 unspecified atom stereocenters. The summed E-state index contributed by atoms with van der Waals surface area (Å²) in [6, 6.07) is 23.0. The number of aliphatic hydroxyl groups is 1. The zero-order valence-electron chi connectivity index (χ0n) is 22.0. The molecule has 6 rings (SSSR count). The van der Waals surface area contributed by atoms with Crippen LogP contribution in [0.2, 0.25) is 0 Å². The summed E-state index contributed by atoms with van der Waals surface area (Å²) in [5, 5.41) is 13.1. The largest absolute Gasteiger partial charge is 0.512 e. The van der Waals surface area contributed by atoms with Crippen molar-refractivity contribution in [2.75, 3.05) is 0 Å². The number of rotatable bonds is 3. The molecule has 3 aromatic carbocycles. The summed E-state index contributed by atoms with van der Waals surface area (Å²) in [5.41, 5.74) is 6.27. The van der Waals surface area contributed by atoms with Crippen LogP contribution in [0.5, 0.6) is 0 Å². The number of hydrogen-bond acceptors (Lipinski definition) is 4. The van der Waals surface area contributed by atoms with Crippen LogP contribution < -0.4 is 0 Å². The molecule has 4 nitrogen and oxygen atoms in total. The predicted octanol–water partition coefficient (Wildman–Crippen LogP) is 8.99. The summed E-state index contributed by atoms with van der Waals surface area (Å²) < 4.78 is 6.29. The van der Waals surface area contributed by atoms with Crippen molar-refractivity contribution in [1.82, 2.24) is 4.98 Å². The number of pyridine rings is 1. The Hall–Kier alpha value is -3.27. The second-order valence-corrected chi connectivity index (χ2v) is 10.0. The van der Waals surface area contributed by atoms with Crippen LogP contribution in [0.3, 0.4) is 0 Å². The van der Waals surface area contributed by atoms with Crippen LogP contribution in [-0.4, -0.2) is 15.9 Å². The van der Waals surface area contributed by atoms with Gasteiger partial charge in [-0.2, -0.15) is 0 Å². The monoisotopic (exact) mass is 683 g/mol. The molecule has 5 aromatic rings. The van der Waals surface area contributed by atoms with E-state index in [9.17, 15) is 4.79 Å². The number of allylic oxidation sites excluding steroid dienone is 2. The summed E-state index contributed by atoms with van der Waals surface area (Å²) >= 11 is 0. The minimum absolute atomic E-state index is 0. The van der Waals surface area contributed by atoms with E-state index in [-0.39, 0.29) is 31.6 Å². The van der Waals surface area contributed by atoms with Gasteiger partial charge in [0.15, 0.2) is 5.78 Å². The minimum atomic E-state index is -0.125. The van der Waals surface area contributed by atoms with Crippen LogP contribution in [0, 0.1) is 13.0 Å². The van der Waals surface area contributed by atoms with Gasteiger partial charge >= 0.3 is 0 Å². The van der Waals surface area contributed by atoms with Gasteiger partial charge in [0.1, 0.15) is 5.58 Å². The molecule has 1 radical (unpaired) electrons. The van der Waals surface area contributed by atoms with E-state index in [0.29, 0.717) is 5.92 Å². The maximum absolute atomic E-state index is 10.0. The van der Waals surface area contributed by atoms with Crippen molar-refractivity contribution in [3.63, 3.8) is 0 Å². The van der Waals surface area contributed by atoms with Gasteiger partial charge < -0.3 is 14.5 Å². The van der Waals surface area contributed by atoms with Gasteiger partial charge in [-0.25, -0.2) is 0 Å². The van der Waals surface area contributed by atoms with E-state index < -0.39 is 0 Å². The van der Waals surface area contributed by atoms with Crippen molar-refractivity contribution in [1.29, 1.82) is 0 Å². The number of ketones is 1. The Morgan fingerprint density at radius 2 is 1.76 bits per heavy atom. The van der Waals surface area contributed by atoms with Gasteiger partial charge in [0, 0.05) is 37.8 Å². The fourth-order valence-electron chi connectivity index (χ4n) is 5.45. The van der Waals surface area contributed by atoms with Gasteiger partial charge in [-0.1, -0.05) is 73.5 Å². The summed E-state index contributed by atoms with van der Waals surface area (Å²) in [5.74, 6) is 0.639. The second kappa shape index (κ2) is 12.1. The third kappa shape index (κ3) is 5.90. The molecule has 0 amide bonds. The maximum Gasteiger partial charge on any atom is 0.155 e. The molecular weight excluding hydrogens is 651 g/mol. The molecule has 1 aliphatic carbocycles. The average Bonchev–Trinajstić information content (AvgIpc) is 3.26. The number of hydrogen-bond donors (Lipinski definition) is 1. The summed E-state index contributed by atoms with van der Waals surface area (Å²) in [6.07, 6.45) is 9.81. The van der Waals surface area contributed by atoms with E-state index in [1.807, 2.05) is 18.3 Å². The van der Waals surface area contributed by atoms with Gasteiger partial charge in [-0.3, -0.25) is 4.79 Å². The smallest absolute Gasteiger partial charge is 0.155 e. The van der Waals surface area contributed by atoms with Crippen LogP contribution in [0.4, 0.5) is 0 Å². The van der Waals surface area contributed by atoms with Crippen molar-refractivity contribution in [3.8, 4) is 11.3 Å². The molecule has 1 fully saturated rings. The first-order valence-corrected chi connectivity index (χ1v) is 13.0. The van der Waals surface area contributed by atoms with Crippen molar-refractivity contribution < 1.29 is 34.4 Å². The third-order valence-electron chi connectivity index (χ3n) is 7.06. The van der Waals surface area contributed by atoms with E-state index in [0.717, 1.165) is 38.8 Å². The number of nitrogens with zero attached hydrogens (tertiary/aromatic N) is 1. The Morgan fingerprint density at radius 3 is 2.47 bits per heavy atom. The number of aliphatic hydroxyl groups excluding tert-OH is 1. The molecule has 2 heterocycles. The standard InChI is InChI=1S/C28H24NO.C5H8O2.Ir/c1-18-15-24-23-9-5-6-10-26(23)30-28(24)25(16-18)27-22-12-11-20(17-21(22)13-14-29-27)19-7-3-2-4-8-19;1-4(6)3-5(2)7;/h5-6,9-15,17,19H,2-4,7-8H2,1H3;3,6H,1-2H3;/q-1;;/b;4-3-;. The number of aromatic nitrogens is 1. The first-order valence-electron chi connectivity index (χ1n) is 13.0. The molecular formula is C33H32IrNO3-. The normalized spacial score (nSPS) is 14.2. The molecule has 2 aromatic heterocycles. The summed E-state index contributed by atoms with van der Waals surface area (Å²) in [7, 11) is 0. The van der Waals surface area contributed by atoms with Gasteiger partial charge in [0.05, 0.1) is 11.3 Å². The van der Waals surface area contributed by atoms with Gasteiger partial charge in [0.2, 0.25) is 0 Å². The molecule has 0 spiro atoms. The van der Waals surface area contributed by atoms with Crippen molar-refractivity contribution in [2.45, 2.75) is 58.8 Å². The average molecular weight is 683 g/mol. The number of fused-ring (bicyclic) bond motifs is 4. The number of furan rings is 1. The van der Waals surface area contributed by atoms with E-state index in [4.69, 9.17) is 14.5 Å². The second-order valence-electron chi connectivity index (χ2n) is 10.0. The Kier molecular flexibility index (Phi) is 8.81. The molecule has 1 aliphatic rings. The van der Waals surface area contributed by atoms with Crippen LogP contribution in [0.1, 0.15) is 63.0 Å². The molecule has 0 atom stereocenters. The van der Waals surface area contributed by atoms with Crippen LogP contribution in [0.15, 0.2) is 77.0 Å². The van der Waals surface area contributed by atoms with Gasteiger partial charge in [-0.05, 0) is 66.8 Å². The molecule has 38 heavy (non-hydrogen) atoms. The molecule has 0 aliphatic heterocycles. The van der Waals surface area contributed by atoms with Gasteiger partial charge in [0.25, 0.3) is 0 Å². The summed E-state index contributed by atoms with van der Waals surface area (Å²) in [6.45, 7) is 4.94. The van der Waals surface area contributed by atoms with E-state index in [2.05, 4.69) is 55.5 Å². The van der Waals surface area contributed by atoms with Crippen molar-refractivity contribution in [2.24, 2.45) is 0 Å². The fourth-order valence-corrected chi connectivity index (χ4v) is 5.45. The predicted molar refractivity (Wildman–Crippen MR) is 151 cm³/mol. The Labute approximate surface area is 237 Å². The quantitative estimate of drug-likeness (QED) is 0.117. The Morgan fingerprint density at radius 1 is 1.00 bits per heavy atom. The van der Waals surface area contributed by atoms with Gasteiger partial charge in [-0.15, -0.1) is 17.7 Å². The molecule has 0 saturated heterocycles. The van der Waals surface area contributed by atoms with Crippen LogP contribution >= 0.6 is 0 Å². The topological polar surface area (TPSA) is 63.3 Å². The molecule has 5 heteroatoms. The van der Waals surface area contributed by atoms with Crippen LogP contribution in [-0.2, 0) is 24.9 Å². The summed E-state index contributed by atoms with van der Waals surface area (Å²) in [4.78, 5) is 14.8. The Balaban J connectivity index is 0.000000375. The number of benzene rings is 3. The Bertz CT molecular complexity index is 1620. The first-order chi connectivity index (χ1) is 17.9. The molecule has 1 N–H and O–H groups in total. The molecule has 0 bridgehead atoms. The number of aryl methyl sites for hydroxylation is 1. The maximum atomic E-state index is 10.0. The third-order valence-corrected chi connectivity index (χ3v) is 7.06. The number of carbonyl (C=O) groups excluding carboxylic acids is 1. The van der Waals surface area contributed by atoms with Crippen molar-refractivity contribution >= 4 is 38.5 Å².